The molecule has 1 aromatic carbocycles. The van der Waals surface area contributed by atoms with Crippen molar-refractivity contribution >= 4 is 15.9 Å². The van der Waals surface area contributed by atoms with Gasteiger partial charge in [-0.2, -0.15) is 17.5 Å². The molecule has 0 atom stereocenters. The van der Waals surface area contributed by atoms with Crippen LogP contribution in [0.5, 0.6) is 0 Å². The summed E-state index contributed by atoms with van der Waals surface area (Å²) in [6.07, 6.45) is 2.93. The predicted octanol–water partition coefficient (Wildman–Crippen LogP) is 4.21. The average molecular weight is 445 g/mol. The minimum Gasteiger partial charge on any atom is -0.339 e. The largest absolute Gasteiger partial charge is 0.416 e. The number of benzene rings is 1. The molecule has 1 aromatic rings. The van der Waals surface area contributed by atoms with Gasteiger partial charge in [-0.05, 0) is 56.4 Å². The Morgan fingerprint density at radius 3 is 2.37 bits per heavy atom. The van der Waals surface area contributed by atoms with Crippen LogP contribution in [0.2, 0.25) is 0 Å². The van der Waals surface area contributed by atoms with Crippen LogP contribution in [0.15, 0.2) is 41.3 Å². The fraction of sp³-hybridized carbons (Fsp3) is 0.571. The molecule has 0 spiro atoms. The van der Waals surface area contributed by atoms with E-state index >= 15 is 0 Å². The highest BCUT2D eigenvalue weighted by Gasteiger charge is 2.44. The summed E-state index contributed by atoms with van der Waals surface area (Å²) in [4.78, 5) is 13.6. The van der Waals surface area contributed by atoms with Gasteiger partial charge < -0.3 is 4.90 Å². The molecule has 2 aliphatic rings. The number of allylic oxidation sites excluding steroid dienone is 1. The van der Waals surface area contributed by atoms with Crippen molar-refractivity contribution in [3.05, 3.63) is 42.0 Å². The Labute approximate surface area is 175 Å². The first-order valence-corrected chi connectivity index (χ1v) is 11.7. The van der Waals surface area contributed by atoms with Crippen LogP contribution in [-0.4, -0.2) is 48.7 Å². The molecule has 1 saturated carbocycles. The molecule has 1 aliphatic heterocycles. The van der Waals surface area contributed by atoms with Gasteiger partial charge in [0.25, 0.3) is 0 Å². The SMILES string of the molecule is CCCC=CC(=O)N1CCC(N(C2CC2)S(=O)(=O)c2cccc(C(F)(F)F)c2)CC1. The molecule has 30 heavy (non-hydrogen) atoms. The Hall–Kier alpha value is -1.87. The number of carbonyl (C=O) groups is 1. The van der Waals surface area contributed by atoms with Crippen LogP contribution in [0.3, 0.4) is 0 Å². The molecule has 9 heteroatoms. The maximum atomic E-state index is 13.2. The van der Waals surface area contributed by atoms with E-state index in [1.54, 1.807) is 11.0 Å². The van der Waals surface area contributed by atoms with Crippen LogP contribution in [0.4, 0.5) is 13.2 Å². The van der Waals surface area contributed by atoms with Crippen LogP contribution < -0.4 is 0 Å². The number of likely N-dealkylation sites (tertiary alicyclic amines) is 1. The number of rotatable bonds is 7. The van der Waals surface area contributed by atoms with E-state index in [4.69, 9.17) is 0 Å². The Balaban J connectivity index is 1.75. The Morgan fingerprint density at radius 1 is 1.17 bits per heavy atom. The highest BCUT2D eigenvalue weighted by atomic mass is 32.2. The summed E-state index contributed by atoms with van der Waals surface area (Å²) < 4.78 is 67.1. The molecule has 0 unspecified atom stereocenters. The number of sulfonamides is 1. The van der Waals surface area contributed by atoms with Crippen molar-refractivity contribution < 1.29 is 26.4 Å². The first-order valence-electron chi connectivity index (χ1n) is 10.3. The lowest BCUT2D eigenvalue weighted by Crippen LogP contribution is -2.49. The quantitative estimate of drug-likeness (QED) is 0.592. The summed E-state index contributed by atoms with van der Waals surface area (Å²) in [6, 6.07) is 3.43. The lowest BCUT2D eigenvalue weighted by Gasteiger charge is -2.37. The van der Waals surface area contributed by atoms with E-state index in [0.717, 1.165) is 25.0 Å². The zero-order valence-electron chi connectivity index (χ0n) is 16.9. The zero-order chi connectivity index (χ0) is 21.9. The fourth-order valence-corrected chi connectivity index (χ4v) is 5.75. The summed E-state index contributed by atoms with van der Waals surface area (Å²) in [7, 11) is -4.06. The van der Waals surface area contributed by atoms with Gasteiger partial charge in [-0.1, -0.05) is 25.5 Å². The minimum atomic E-state index is -4.60. The molecular formula is C21H27F3N2O3S. The van der Waals surface area contributed by atoms with Crippen LogP contribution in [-0.2, 0) is 21.0 Å². The maximum absolute atomic E-state index is 13.2. The molecule has 2 fully saturated rings. The van der Waals surface area contributed by atoms with Crippen LogP contribution in [0.25, 0.3) is 0 Å². The van der Waals surface area contributed by atoms with Gasteiger partial charge in [0, 0.05) is 25.2 Å². The highest BCUT2D eigenvalue weighted by Crippen LogP contribution is 2.38. The topological polar surface area (TPSA) is 57.7 Å². The zero-order valence-corrected chi connectivity index (χ0v) is 17.8. The molecule has 166 valence electrons. The molecule has 0 bridgehead atoms. The predicted molar refractivity (Wildman–Crippen MR) is 107 cm³/mol. The van der Waals surface area contributed by atoms with E-state index in [1.165, 1.54) is 10.4 Å². The average Bonchev–Trinajstić information content (AvgIpc) is 3.53. The molecule has 5 nitrogen and oxygen atoms in total. The molecule has 0 aromatic heterocycles. The number of halogens is 3. The lowest BCUT2D eigenvalue weighted by molar-refractivity contribution is -0.137. The summed E-state index contributed by atoms with van der Waals surface area (Å²) in [5.74, 6) is -0.0828. The van der Waals surface area contributed by atoms with Crippen molar-refractivity contribution in [1.82, 2.24) is 9.21 Å². The van der Waals surface area contributed by atoms with E-state index in [9.17, 15) is 26.4 Å². The number of unbranched alkanes of at least 4 members (excludes halogenated alkanes) is 1. The lowest BCUT2D eigenvalue weighted by atomic mass is 10.0. The Kier molecular flexibility index (Phi) is 6.91. The summed E-state index contributed by atoms with van der Waals surface area (Å²) in [5.41, 5.74) is -0.974. The monoisotopic (exact) mass is 444 g/mol. The van der Waals surface area contributed by atoms with Crippen molar-refractivity contribution in [2.75, 3.05) is 13.1 Å². The first-order chi connectivity index (χ1) is 14.1. The van der Waals surface area contributed by atoms with Crippen molar-refractivity contribution in [2.45, 2.75) is 68.6 Å². The van der Waals surface area contributed by atoms with E-state index in [-0.39, 0.29) is 22.9 Å². The molecule has 1 heterocycles. The molecule has 3 rings (SSSR count). The Morgan fingerprint density at radius 2 is 1.80 bits per heavy atom. The maximum Gasteiger partial charge on any atom is 0.416 e. The van der Waals surface area contributed by atoms with Crippen molar-refractivity contribution in [1.29, 1.82) is 0 Å². The number of alkyl halides is 3. The second kappa shape index (κ2) is 9.09. The second-order valence-corrected chi connectivity index (χ2v) is 9.68. The number of carbonyl (C=O) groups excluding carboxylic acids is 1. The molecular weight excluding hydrogens is 417 g/mol. The Bertz CT molecular complexity index is 887. The van der Waals surface area contributed by atoms with Crippen LogP contribution >= 0.6 is 0 Å². The van der Waals surface area contributed by atoms with Crippen LogP contribution in [0, 0.1) is 0 Å². The molecule has 0 N–H and O–H groups in total. The van der Waals surface area contributed by atoms with Gasteiger partial charge in [0.1, 0.15) is 0 Å². The van der Waals surface area contributed by atoms with E-state index < -0.39 is 21.8 Å². The van der Waals surface area contributed by atoms with Crippen LogP contribution in [0.1, 0.15) is 51.0 Å². The van der Waals surface area contributed by atoms with Gasteiger partial charge in [-0.25, -0.2) is 8.42 Å². The van der Waals surface area contributed by atoms with E-state index in [1.807, 2.05) is 13.0 Å². The van der Waals surface area contributed by atoms with Crippen molar-refractivity contribution in [2.24, 2.45) is 0 Å². The number of hydrogen-bond acceptors (Lipinski definition) is 3. The molecule has 0 radical (unpaired) electrons. The van der Waals surface area contributed by atoms with Gasteiger partial charge >= 0.3 is 6.18 Å². The van der Waals surface area contributed by atoms with Gasteiger partial charge in [-0.15, -0.1) is 0 Å². The first kappa shape index (κ1) is 22.8. The second-order valence-electron chi connectivity index (χ2n) is 7.84. The molecule has 1 amide bonds. The van der Waals surface area contributed by atoms with Gasteiger partial charge in [0.2, 0.25) is 15.9 Å². The fourth-order valence-electron chi connectivity index (χ4n) is 3.77. The third-order valence-electron chi connectivity index (χ3n) is 5.50. The van der Waals surface area contributed by atoms with E-state index in [0.29, 0.717) is 44.8 Å². The third kappa shape index (κ3) is 5.24. The number of hydrogen-bond donors (Lipinski definition) is 0. The molecule has 1 saturated heterocycles. The van der Waals surface area contributed by atoms with Gasteiger partial charge in [0.05, 0.1) is 10.5 Å². The summed E-state index contributed by atoms with van der Waals surface area (Å²) in [5, 5.41) is 0. The number of piperidine rings is 1. The standard InChI is InChI=1S/C21H27F3N2O3S/c1-2-3-4-8-20(27)25-13-11-18(12-14-25)26(17-9-10-17)30(28,29)19-7-5-6-16(15-19)21(22,23)24/h4-8,15,17-18H,2-3,9-14H2,1H3. The minimum absolute atomic E-state index is 0.0828. The summed E-state index contributed by atoms with van der Waals surface area (Å²) in [6.45, 7) is 2.89. The van der Waals surface area contributed by atoms with Gasteiger partial charge in [-0.3, -0.25) is 4.79 Å². The smallest absolute Gasteiger partial charge is 0.339 e. The summed E-state index contributed by atoms with van der Waals surface area (Å²) >= 11 is 0. The third-order valence-corrected chi connectivity index (χ3v) is 7.50. The number of amides is 1. The van der Waals surface area contributed by atoms with Crippen molar-refractivity contribution in [3.8, 4) is 0 Å². The highest BCUT2D eigenvalue weighted by molar-refractivity contribution is 7.89. The van der Waals surface area contributed by atoms with Crippen molar-refractivity contribution in [3.63, 3.8) is 0 Å². The normalized spacial score (nSPS) is 19.0. The van der Waals surface area contributed by atoms with E-state index in [2.05, 4.69) is 0 Å². The molecule has 1 aliphatic carbocycles. The van der Waals surface area contributed by atoms with Gasteiger partial charge in [0.15, 0.2) is 0 Å². The number of nitrogens with zero attached hydrogens (tertiary/aromatic N) is 2.